The van der Waals surface area contributed by atoms with E-state index in [-0.39, 0.29) is 37.5 Å². The van der Waals surface area contributed by atoms with Gasteiger partial charge in [0.25, 0.3) is 20.0 Å². The van der Waals surface area contributed by atoms with E-state index in [1.165, 1.54) is 49.6 Å². The van der Waals surface area contributed by atoms with Crippen LogP contribution in [-0.2, 0) is 36.1 Å². The molecule has 0 radical (unpaired) electrons. The molecule has 0 aliphatic carbocycles. The number of ether oxygens (including phenoxy) is 1. The van der Waals surface area contributed by atoms with Crippen molar-refractivity contribution in [2.45, 2.75) is 29.6 Å². The van der Waals surface area contributed by atoms with Crippen molar-refractivity contribution < 1.29 is 36.3 Å². The molecule has 0 aromatic heterocycles. The summed E-state index contributed by atoms with van der Waals surface area (Å²) in [6, 6.07) is 19.7. The number of hydrogen-bond acceptors (Lipinski definition) is 7. The average Bonchev–Trinajstić information content (AvgIpc) is 3.12. The van der Waals surface area contributed by atoms with Gasteiger partial charge in [-0.25, -0.2) is 16.8 Å². The number of hydrogen-bond donors (Lipinski definition) is 1. The Morgan fingerprint density at radius 2 is 1.48 bits per heavy atom. The summed E-state index contributed by atoms with van der Waals surface area (Å²) in [5.74, 6) is -1.01. The lowest BCUT2D eigenvalue weighted by atomic mass is 10.00. The Morgan fingerprint density at radius 3 is 2.02 bits per heavy atom. The lowest BCUT2D eigenvalue weighted by molar-refractivity contribution is -0.135. The number of aldehydes is 1. The minimum Gasteiger partial charge on any atom is -0.497 e. The van der Waals surface area contributed by atoms with Gasteiger partial charge in [-0.05, 0) is 66.4 Å². The smallest absolute Gasteiger partial charge is 0.324 e. The Balaban J connectivity index is 2.08. The molecule has 50 heavy (non-hydrogen) atoms. The van der Waals surface area contributed by atoms with Crippen molar-refractivity contribution in [3.8, 4) is 5.75 Å². The van der Waals surface area contributed by atoms with Crippen LogP contribution < -0.4 is 13.3 Å². The molecule has 0 unspecified atom stereocenters. The van der Waals surface area contributed by atoms with E-state index >= 15 is 0 Å². The summed E-state index contributed by atoms with van der Waals surface area (Å²) < 4.78 is 63.9. The molecule has 0 fully saturated rings. The molecule has 12 heteroatoms. The van der Waals surface area contributed by atoms with Crippen molar-refractivity contribution >= 4 is 60.5 Å². The second kappa shape index (κ2) is 16.3. The van der Waals surface area contributed by atoms with Crippen LogP contribution in [0.4, 0.5) is 11.4 Å². The predicted octanol–water partition coefficient (Wildman–Crippen LogP) is 6.79. The zero-order valence-corrected chi connectivity index (χ0v) is 29.4. The van der Waals surface area contributed by atoms with Gasteiger partial charge in [0, 0.05) is 16.3 Å². The van der Waals surface area contributed by atoms with Gasteiger partial charge in [0.05, 0.1) is 34.8 Å². The van der Waals surface area contributed by atoms with E-state index in [9.17, 15) is 31.5 Å². The van der Waals surface area contributed by atoms with Gasteiger partial charge in [-0.15, -0.1) is 0 Å². The minimum absolute atomic E-state index is 0.0106. The molecule has 0 bridgehead atoms. The molecular formula is C38H38N2O8S2. The molecule has 1 N–H and O–H groups in total. The van der Waals surface area contributed by atoms with Crippen molar-refractivity contribution in [3.63, 3.8) is 0 Å². The molecule has 4 rings (SSSR count). The summed E-state index contributed by atoms with van der Waals surface area (Å²) in [6.07, 6.45) is 9.84. The third-order valence-electron chi connectivity index (χ3n) is 7.87. The number of fused-ring (bicyclic) bond motifs is 1. The van der Waals surface area contributed by atoms with Gasteiger partial charge >= 0.3 is 5.97 Å². The molecule has 0 spiro atoms. The van der Waals surface area contributed by atoms with Crippen molar-refractivity contribution in [2.24, 2.45) is 0 Å². The van der Waals surface area contributed by atoms with E-state index in [0.717, 1.165) is 19.7 Å². The number of carboxylic acids is 1. The number of aliphatic carboxylic acids is 1. The van der Waals surface area contributed by atoms with Crippen LogP contribution in [0.15, 0.2) is 132 Å². The SMILES string of the molecule is C=C/C=C(\C=C)C/C=C/c1cc(N(CC(=O)O)S(=O)(=O)c2ccc(OC)cc2)c2ccccc2c1N(CC=O)S(=O)(=O)c1ccc(CC)cc1. The summed E-state index contributed by atoms with van der Waals surface area (Å²) in [7, 11) is -7.42. The first kappa shape index (κ1) is 37.4. The van der Waals surface area contributed by atoms with Gasteiger partial charge in [-0.3, -0.25) is 13.4 Å². The topological polar surface area (TPSA) is 138 Å². The molecule has 0 amide bonds. The number of rotatable bonds is 17. The number of benzene rings is 4. The highest BCUT2D eigenvalue weighted by molar-refractivity contribution is 7.93. The molecule has 0 saturated heterocycles. The van der Waals surface area contributed by atoms with Gasteiger partial charge in [-0.2, -0.15) is 0 Å². The van der Waals surface area contributed by atoms with E-state index in [1.807, 2.05) is 6.92 Å². The van der Waals surface area contributed by atoms with E-state index in [0.29, 0.717) is 24.9 Å². The number of carbonyl (C=O) groups excluding carboxylic acids is 1. The van der Waals surface area contributed by atoms with E-state index in [4.69, 9.17) is 4.74 Å². The summed E-state index contributed by atoms with van der Waals surface area (Å²) >= 11 is 0. The quantitative estimate of drug-likeness (QED) is 0.0933. The highest BCUT2D eigenvalue weighted by Gasteiger charge is 2.33. The normalized spacial score (nSPS) is 12.1. The molecular weight excluding hydrogens is 677 g/mol. The van der Waals surface area contributed by atoms with Crippen LogP contribution in [0.25, 0.3) is 16.8 Å². The van der Waals surface area contributed by atoms with Crippen LogP contribution in [0.1, 0.15) is 24.5 Å². The molecule has 0 saturated carbocycles. The first-order chi connectivity index (χ1) is 23.9. The number of anilines is 2. The second-order valence-corrected chi connectivity index (χ2v) is 14.7. The van der Waals surface area contributed by atoms with E-state index in [2.05, 4.69) is 13.2 Å². The fourth-order valence-corrected chi connectivity index (χ4v) is 8.23. The summed E-state index contributed by atoms with van der Waals surface area (Å²) in [5, 5.41) is 10.5. The number of methoxy groups -OCH3 is 1. The Hall–Kier alpha value is -5.46. The van der Waals surface area contributed by atoms with Crippen molar-refractivity contribution in [3.05, 3.63) is 133 Å². The van der Waals surface area contributed by atoms with Crippen molar-refractivity contribution in [1.82, 2.24) is 0 Å². The number of carbonyl (C=O) groups is 2. The Labute approximate surface area is 293 Å². The maximum absolute atomic E-state index is 14.3. The first-order valence-electron chi connectivity index (χ1n) is 15.5. The molecule has 10 nitrogen and oxygen atoms in total. The van der Waals surface area contributed by atoms with Crippen LogP contribution >= 0.6 is 0 Å². The number of carboxylic acid groups (broad SMARTS) is 1. The Bertz CT molecular complexity index is 2170. The van der Waals surface area contributed by atoms with Crippen molar-refractivity contribution in [1.29, 1.82) is 0 Å². The summed E-state index contributed by atoms with van der Waals surface area (Å²) in [5.41, 5.74) is 2.03. The zero-order chi connectivity index (χ0) is 36.5. The maximum Gasteiger partial charge on any atom is 0.324 e. The number of nitrogens with zero attached hydrogens (tertiary/aromatic N) is 2. The van der Waals surface area contributed by atoms with Crippen LogP contribution in [0.3, 0.4) is 0 Å². The number of aryl methyl sites for hydroxylation is 1. The maximum atomic E-state index is 14.3. The number of allylic oxidation sites excluding steroid dienone is 5. The largest absolute Gasteiger partial charge is 0.497 e. The molecule has 0 atom stereocenters. The predicted molar refractivity (Wildman–Crippen MR) is 198 cm³/mol. The minimum atomic E-state index is -4.50. The number of sulfonamides is 2. The van der Waals surface area contributed by atoms with Crippen LogP contribution in [0.2, 0.25) is 0 Å². The molecule has 4 aromatic rings. The standard InChI is InChI=1S/C38H38N2O8S2/c1-5-11-28(6-2)12-10-13-30-26-36(40(27-37(42)43)50(46,47)33-22-18-31(48-4)19-23-33)34-14-8-9-15-35(34)38(30)39(24-25-41)49(44,45)32-20-16-29(7-3)17-21-32/h5-6,8-11,13-23,25-26H,1-2,7,12,24,27H2,3-4H3,(H,42,43)/b13-10+,28-11+. The van der Waals surface area contributed by atoms with Crippen molar-refractivity contribution in [2.75, 3.05) is 28.8 Å². The first-order valence-corrected chi connectivity index (χ1v) is 18.4. The van der Waals surface area contributed by atoms with Crippen LogP contribution in [0, 0.1) is 0 Å². The van der Waals surface area contributed by atoms with Crippen LogP contribution in [-0.4, -0.2) is 54.4 Å². The highest BCUT2D eigenvalue weighted by atomic mass is 32.2. The molecule has 0 aliphatic heterocycles. The second-order valence-electron chi connectivity index (χ2n) is 10.9. The van der Waals surface area contributed by atoms with E-state index < -0.39 is 39.1 Å². The fourth-order valence-electron chi connectivity index (χ4n) is 5.37. The highest BCUT2D eigenvalue weighted by Crippen LogP contribution is 2.42. The third-order valence-corrected chi connectivity index (χ3v) is 11.4. The third kappa shape index (κ3) is 8.04. The Morgan fingerprint density at radius 1 is 0.880 bits per heavy atom. The molecule has 260 valence electrons. The van der Waals surface area contributed by atoms with Gasteiger partial charge in [-0.1, -0.05) is 86.9 Å². The fraction of sp³-hybridized carbons (Fsp3) is 0.158. The molecule has 4 aromatic carbocycles. The zero-order valence-electron chi connectivity index (χ0n) is 27.7. The monoisotopic (exact) mass is 714 g/mol. The van der Waals surface area contributed by atoms with Gasteiger partial charge < -0.3 is 14.6 Å². The summed E-state index contributed by atoms with van der Waals surface area (Å²) in [6.45, 7) is 7.97. The van der Waals surface area contributed by atoms with Crippen LogP contribution in [0.5, 0.6) is 5.75 Å². The Kier molecular flexibility index (Phi) is 12.2. The summed E-state index contributed by atoms with van der Waals surface area (Å²) in [4.78, 5) is 24.1. The lowest BCUT2D eigenvalue weighted by Gasteiger charge is -2.29. The lowest BCUT2D eigenvalue weighted by Crippen LogP contribution is -2.36. The average molecular weight is 715 g/mol. The molecule has 0 aliphatic rings. The van der Waals surface area contributed by atoms with Gasteiger partial charge in [0.1, 0.15) is 18.6 Å². The van der Waals surface area contributed by atoms with E-state index in [1.54, 1.807) is 66.8 Å². The molecule has 0 heterocycles. The van der Waals surface area contributed by atoms with Gasteiger partial charge in [0.2, 0.25) is 0 Å². The van der Waals surface area contributed by atoms with Gasteiger partial charge in [0.15, 0.2) is 0 Å².